The summed E-state index contributed by atoms with van der Waals surface area (Å²) in [5, 5.41) is 3.66. The highest BCUT2D eigenvalue weighted by atomic mass is 16.2. The number of amides is 2. The minimum absolute atomic E-state index is 0.614. The first-order valence-electron chi connectivity index (χ1n) is 4.52. The predicted molar refractivity (Wildman–Crippen MR) is 52.3 cm³/mol. The molecule has 2 amide bonds. The number of carbonyl (C=O) groups excluding carboxylic acids is 1. The second-order valence-corrected chi connectivity index (χ2v) is 3.13. The van der Waals surface area contributed by atoms with Crippen molar-refractivity contribution < 1.29 is 4.79 Å². The average molecular weight is 181 g/mol. The van der Waals surface area contributed by atoms with Crippen molar-refractivity contribution in [2.75, 3.05) is 0 Å². The van der Waals surface area contributed by atoms with E-state index in [0.29, 0.717) is 5.92 Å². The predicted octanol–water partition coefficient (Wildman–Crippen LogP) is 1.39. The van der Waals surface area contributed by atoms with Gasteiger partial charge in [-0.2, -0.15) is 5.10 Å². The van der Waals surface area contributed by atoms with Crippen LogP contribution in [0.5, 0.6) is 0 Å². The van der Waals surface area contributed by atoms with Gasteiger partial charge in [0.05, 0.1) is 0 Å². The SMILES string of the molecule is NC(=O)NN=CCCC1C=CCC1. The molecule has 0 saturated carbocycles. The van der Waals surface area contributed by atoms with Crippen LogP contribution in [0.4, 0.5) is 4.79 Å². The summed E-state index contributed by atoms with van der Waals surface area (Å²) in [6.45, 7) is 0. The molecule has 0 aromatic heterocycles. The van der Waals surface area contributed by atoms with E-state index in [1.807, 2.05) is 0 Å². The maximum Gasteiger partial charge on any atom is 0.332 e. The first-order valence-corrected chi connectivity index (χ1v) is 4.52. The average Bonchev–Trinajstić information content (AvgIpc) is 2.55. The van der Waals surface area contributed by atoms with Crippen molar-refractivity contribution in [2.45, 2.75) is 25.7 Å². The van der Waals surface area contributed by atoms with E-state index < -0.39 is 6.03 Å². The Morgan fingerprint density at radius 2 is 2.62 bits per heavy atom. The molecule has 72 valence electrons. The molecule has 4 nitrogen and oxygen atoms in total. The van der Waals surface area contributed by atoms with Gasteiger partial charge in [0.2, 0.25) is 0 Å². The normalized spacial score (nSPS) is 21.1. The highest BCUT2D eigenvalue weighted by molar-refractivity contribution is 5.72. The second kappa shape index (κ2) is 5.35. The van der Waals surface area contributed by atoms with Crippen LogP contribution >= 0.6 is 0 Å². The fourth-order valence-electron chi connectivity index (χ4n) is 1.40. The number of primary amides is 1. The van der Waals surface area contributed by atoms with Crippen LogP contribution in [-0.4, -0.2) is 12.2 Å². The molecule has 3 N–H and O–H groups in total. The number of nitrogens with zero attached hydrogens (tertiary/aromatic N) is 1. The highest BCUT2D eigenvalue weighted by Gasteiger charge is 2.06. The molecule has 0 saturated heterocycles. The Morgan fingerprint density at radius 3 is 3.23 bits per heavy atom. The Hall–Kier alpha value is -1.32. The van der Waals surface area contributed by atoms with Crippen molar-refractivity contribution in [3.8, 4) is 0 Å². The van der Waals surface area contributed by atoms with Gasteiger partial charge in [-0.3, -0.25) is 0 Å². The Labute approximate surface area is 77.9 Å². The standard InChI is InChI=1S/C9H15N3O/c10-9(13)12-11-7-3-6-8-4-1-2-5-8/h1,4,7-8H,2-3,5-6H2,(H3,10,12,13). The molecule has 4 heteroatoms. The Balaban J connectivity index is 2.02. The molecule has 0 aromatic carbocycles. The summed E-state index contributed by atoms with van der Waals surface area (Å²) in [7, 11) is 0. The lowest BCUT2D eigenvalue weighted by molar-refractivity contribution is 0.249. The van der Waals surface area contributed by atoms with E-state index >= 15 is 0 Å². The second-order valence-electron chi connectivity index (χ2n) is 3.13. The van der Waals surface area contributed by atoms with Gasteiger partial charge in [0, 0.05) is 6.21 Å². The Kier molecular flexibility index (Phi) is 4.02. The minimum atomic E-state index is -0.614. The molecule has 1 unspecified atom stereocenters. The van der Waals surface area contributed by atoms with Crippen LogP contribution < -0.4 is 11.2 Å². The largest absolute Gasteiger partial charge is 0.350 e. The molecule has 0 aliphatic heterocycles. The van der Waals surface area contributed by atoms with Crippen LogP contribution in [0.2, 0.25) is 0 Å². The van der Waals surface area contributed by atoms with Crippen LogP contribution in [0.1, 0.15) is 25.7 Å². The molecule has 0 heterocycles. The number of urea groups is 1. The molecule has 0 radical (unpaired) electrons. The number of nitrogens with one attached hydrogen (secondary N) is 1. The quantitative estimate of drug-likeness (QED) is 0.384. The summed E-state index contributed by atoms with van der Waals surface area (Å²) in [5.41, 5.74) is 6.98. The molecular formula is C9H15N3O. The van der Waals surface area contributed by atoms with E-state index in [9.17, 15) is 4.79 Å². The van der Waals surface area contributed by atoms with E-state index in [1.54, 1.807) is 6.21 Å². The number of hydrazone groups is 1. The first kappa shape index (κ1) is 9.77. The van der Waals surface area contributed by atoms with Crippen LogP contribution in [0, 0.1) is 5.92 Å². The van der Waals surface area contributed by atoms with Gasteiger partial charge in [0.1, 0.15) is 0 Å². The number of rotatable bonds is 4. The lowest BCUT2D eigenvalue weighted by Gasteiger charge is -2.02. The summed E-state index contributed by atoms with van der Waals surface area (Å²) >= 11 is 0. The lowest BCUT2D eigenvalue weighted by atomic mass is 10.0. The maximum absolute atomic E-state index is 10.2. The molecule has 0 bridgehead atoms. The molecule has 0 fully saturated rings. The van der Waals surface area contributed by atoms with Crippen molar-refractivity contribution in [3.05, 3.63) is 12.2 Å². The summed E-state index contributed by atoms with van der Waals surface area (Å²) in [6, 6.07) is -0.614. The monoisotopic (exact) mass is 181 g/mol. The summed E-state index contributed by atoms with van der Waals surface area (Å²) in [4.78, 5) is 10.2. The maximum atomic E-state index is 10.2. The fourth-order valence-corrected chi connectivity index (χ4v) is 1.40. The van der Waals surface area contributed by atoms with Gasteiger partial charge < -0.3 is 5.73 Å². The van der Waals surface area contributed by atoms with Crippen LogP contribution in [0.15, 0.2) is 17.3 Å². The van der Waals surface area contributed by atoms with Crippen LogP contribution in [0.3, 0.4) is 0 Å². The number of nitrogens with two attached hydrogens (primary N) is 1. The van der Waals surface area contributed by atoms with E-state index in [1.165, 1.54) is 12.8 Å². The molecule has 1 rings (SSSR count). The van der Waals surface area contributed by atoms with Gasteiger partial charge >= 0.3 is 6.03 Å². The van der Waals surface area contributed by atoms with Gasteiger partial charge in [-0.1, -0.05) is 12.2 Å². The van der Waals surface area contributed by atoms with Gasteiger partial charge in [0.15, 0.2) is 0 Å². The summed E-state index contributed by atoms with van der Waals surface area (Å²) in [5.74, 6) is 0.694. The van der Waals surface area contributed by atoms with Gasteiger partial charge in [-0.25, -0.2) is 10.2 Å². The first-order chi connectivity index (χ1) is 6.29. The number of allylic oxidation sites excluding steroid dienone is 2. The zero-order chi connectivity index (χ0) is 9.52. The van der Waals surface area contributed by atoms with E-state index in [0.717, 1.165) is 12.8 Å². The molecule has 0 aromatic rings. The van der Waals surface area contributed by atoms with E-state index in [4.69, 9.17) is 5.73 Å². The topological polar surface area (TPSA) is 67.5 Å². The van der Waals surface area contributed by atoms with Crippen molar-refractivity contribution in [2.24, 2.45) is 16.8 Å². The van der Waals surface area contributed by atoms with Crippen molar-refractivity contribution in [1.29, 1.82) is 0 Å². The molecule has 13 heavy (non-hydrogen) atoms. The Bertz CT molecular complexity index is 223. The van der Waals surface area contributed by atoms with E-state index in [2.05, 4.69) is 22.7 Å². The van der Waals surface area contributed by atoms with E-state index in [-0.39, 0.29) is 0 Å². The van der Waals surface area contributed by atoms with Gasteiger partial charge in [-0.05, 0) is 31.6 Å². The third kappa shape index (κ3) is 4.30. The number of carbonyl (C=O) groups is 1. The van der Waals surface area contributed by atoms with Gasteiger partial charge in [0.25, 0.3) is 0 Å². The molecule has 1 aliphatic rings. The Morgan fingerprint density at radius 1 is 1.77 bits per heavy atom. The number of hydrogen-bond donors (Lipinski definition) is 2. The van der Waals surface area contributed by atoms with Crippen LogP contribution in [0.25, 0.3) is 0 Å². The smallest absolute Gasteiger partial charge is 0.332 e. The molecular weight excluding hydrogens is 166 g/mol. The van der Waals surface area contributed by atoms with Crippen molar-refractivity contribution >= 4 is 12.2 Å². The summed E-state index contributed by atoms with van der Waals surface area (Å²) < 4.78 is 0. The van der Waals surface area contributed by atoms with Crippen molar-refractivity contribution in [3.63, 3.8) is 0 Å². The van der Waals surface area contributed by atoms with Gasteiger partial charge in [-0.15, -0.1) is 0 Å². The molecule has 0 spiro atoms. The summed E-state index contributed by atoms with van der Waals surface area (Å²) in [6.07, 6.45) is 10.6. The zero-order valence-corrected chi connectivity index (χ0v) is 7.57. The minimum Gasteiger partial charge on any atom is -0.350 e. The molecule has 1 aliphatic carbocycles. The zero-order valence-electron chi connectivity index (χ0n) is 7.57. The lowest BCUT2D eigenvalue weighted by Crippen LogP contribution is -2.24. The van der Waals surface area contributed by atoms with Crippen LogP contribution in [-0.2, 0) is 0 Å². The highest BCUT2D eigenvalue weighted by Crippen LogP contribution is 2.20. The third-order valence-electron chi connectivity index (χ3n) is 2.04. The van der Waals surface area contributed by atoms with Crippen molar-refractivity contribution in [1.82, 2.24) is 5.43 Å². The number of hydrogen-bond acceptors (Lipinski definition) is 2. The molecule has 1 atom stereocenters. The fraction of sp³-hybridized carbons (Fsp3) is 0.556. The third-order valence-corrected chi connectivity index (χ3v) is 2.04.